The van der Waals surface area contributed by atoms with Crippen molar-refractivity contribution in [3.05, 3.63) is 28.8 Å². The van der Waals surface area contributed by atoms with E-state index < -0.39 is 0 Å². The summed E-state index contributed by atoms with van der Waals surface area (Å²) in [5.74, 6) is 0.187. The Kier molecular flexibility index (Phi) is 5.10. The summed E-state index contributed by atoms with van der Waals surface area (Å²) in [6, 6.07) is 7.31. The summed E-state index contributed by atoms with van der Waals surface area (Å²) in [7, 11) is 0. The molecule has 0 aliphatic heterocycles. The van der Waals surface area contributed by atoms with Crippen LogP contribution in [0.3, 0.4) is 0 Å². The van der Waals surface area contributed by atoms with E-state index in [0.29, 0.717) is 23.6 Å². The summed E-state index contributed by atoms with van der Waals surface area (Å²) in [6.45, 7) is 2.49. The number of rotatable bonds is 5. The SMILES string of the molecule is CCC(CC#N)NCc1c(O)cccc1Cl. The first-order valence-electron chi connectivity index (χ1n) is 5.25. The van der Waals surface area contributed by atoms with Gasteiger partial charge in [0.05, 0.1) is 12.5 Å². The average Bonchev–Trinajstić information content (AvgIpc) is 2.27. The molecule has 0 aliphatic rings. The lowest BCUT2D eigenvalue weighted by atomic mass is 10.1. The molecule has 0 spiro atoms. The molecule has 0 radical (unpaired) electrons. The predicted molar refractivity (Wildman–Crippen MR) is 64.3 cm³/mol. The fourth-order valence-corrected chi connectivity index (χ4v) is 1.68. The molecule has 0 fully saturated rings. The van der Waals surface area contributed by atoms with Crippen LogP contribution in [-0.4, -0.2) is 11.1 Å². The Balaban J connectivity index is 2.64. The van der Waals surface area contributed by atoms with E-state index in [1.807, 2.05) is 6.92 Å². The van der Waals surface area contributed by atoms with E-state index in [-0.39, 0.29) is 11.8 Å². The van der Waals surface area contributed by atoms with Crippen LogP contribution >= 0.6 is 11.6 Å². The minimum atomic E-state index is 0.140. The molecule has 4 heteroatoms. The average molecular weight is 239 g/mol. The van der Waals surface area contributed by atoms with Crippen LogP contribution in [0.4, 0.5) is 0 Å². The van der Waals surface area contributed by atoms with E-state index in [4.69, 9.17) is 16.9 Å². The summed E-state index contributed by atoms with van der Waals surface area (Å²) in [6.07, 6.45) is 1.33. The Hall–Kier alpha value is -1.24. The van der Waals surface area contributed by atoms with Crippen LogP contribution in [0.2, 0.25) is 5.02 Å². The van der Waals surface area contributed by atoms with Crippen molar-refractivity contribution in [2.45, 2.75) is 32.4 Å². The summed E-state index contributed by atoms with van der Waals surface area (Å²) < 4.78 is 0. The van der Waals surface area contributed by atoms with Crippen molar-refractivity contribution < 1.29 is 5.11 Å². The normalized spacial score (nSPS) is 12.1. The fraction of sp³-hybridized carbons (Fsp3) is 0.417. The number of hydrogen-bond acceptors (Lipinski definition) is 3. The van der Waals surface area contributed by atoms with Gasteiger partial charge in [-0.3, -0.25) is 0 Å². The molecule has 16 heavy (non-hydrogen) atoms. The highest BCUT2D eigenvalue weighted by Crippen LogP contribution is 2.25. The molecule has 0 aromatic heterocycles. The number of aromatic hydroxyl groups is 1. The molecule has 86 valence electrons. The lowest BCUT2D eigenvalue weighted by Crippen LogP contribution is -2.27. The Morgan fingerprint density at radius 2 is 2.31 bits per heavy atom. The minimum absolute atomic E-state index is 0.140. The number of hydrogen-bond donors (Lipinski definition) is 2. The van der Waals surface area contributed by atoms with Crippen molar-refractivity contribution in [3.63, 3.8) is 0 Å². The number of nitrogens with one attached hydrogen (secondary N) is 1. The Morgan fingerprint density at radius 3 is 2.88 bits per heavy atom. The maximum Gasteiger partial charge on any atom is 0.121 e. The Bertz CT molecular complexity index is 367. The van der Waals surface area contributed by atoms with Gasteiger partial charge in [0.25, 0.3) is 0 Å². The van der Waals surface area contributed by atoms with Gasteiger partial charge in [-0.1, -0.05) is 24.6 Å². The van der Waals surface area contributed by atoms with Gasteiger partial charge in [-0.2, -0.15) is 5.26 Å². The van der Waals surface area contributed by atoms with Crippen LogP contribution in [-0.2, 0) is 6.54 Å². The highest BCUT2D eigenvalue weighted by atomic mass is 35.5. The van der Waals surface area contributed by atoms with Crippen molar-refractivity contribution in [2.24, 2.45) is 0 Å². The molecular formula is C12H15ClN2O. The van der Waals surface area contributed by atoms with E-state index in [1.54, 1.807) is 18.2 Å². The third-order valence-corrected chi connectivity index (χ3v) is 2.85. The molecule has 0 amide bonds. The van der Waals surface area contributed by atoms with Crippen molar-refractivity contribution in [1.82, 2.24) is 5.32 Å². The topological polar surface area (TPSA) is 56.0 Å². The van der Waals surface area contributed by atoms with Crippen LogP contribution in [0, 0.1) is 11.3 Å². The lowest BCUT2D eigenvalue weighted by Gasteiger charge is -2.14. The fourth-order valence-electron chi connectivity index (χ4n) is 1.44. The summed E-state index contributed by atoms with van der Waals surface area (Å²) >= 11 is 5.97. The number of benzene rings is 1. The number of phenolic OH excluding ortho intramolecular Hbond substituents is 1. The van der Waals surface area contributed by atoms with Crippen LogP contribution in [0.15, 0.2) is 18.2 Å². The number of halogens is 1. The highest BCUT2D eigenvalue weighted by molar-refractivity contribution is 6.31. The second kappa shape index (κ2) is 6.37. The lowest BCUT2D eigenvalue weighted by molar-refractivity contribution is 0.453. The standard InChI is InChI=1S/C12H15ClN2O/c1-2-9(6-7-14)15-8-10-11(13)4-3-5-12(10)16/h3-5,9,15-16H,2,6,8H2,1H3. The molecule has 0 saturated carbocycles. The van der Waals surface area contributed by atoms with Crippen LogP contribution in [0.1, 0.15) is 25.3 Å². The molecule has 0 bridgehead atoms. The summed E-state index contributed by atoms with van der Waals surface area (Å²) in [5, 5.41) is 22.0. The van der Waals surface area contributed by atoms with Gasteiger partial charge in [0, 0.05) is 23.2 Å². The van der Waals surface area contributed by atoms with Crippen LogP contribution in [0.25, 0.3) is 0 Å². The molecular weight excluding hydrogens is 224 g/mol. The van der Waals surface area contributed by atoms with E-state index >= 15 is 0 Å². The maximum absolute atomic E-state index is 9.62. The summed E-state index contributed by atoms with van der Waals surface area (Å²) in [5.41, 5.74) is 0.681. The second-order valence-electron chi connectivity index (χ2n) is 3.59. The highest BCUT2D eigenvalue weighted by Gasteiger charge is 2.09. The molecule has 0 saturated heterocycles. The smallest absolute Gasteiger partial charge is 0.121 e. The largest absolute Gasteiger partial charge is 0.508 e. The van der Waals surface area contributed by atoms with E-state index in [1.165, 1.54) is 0 Å². The van der Waals surface area contributed by atoms with E-state index in [0.717, 1.165) is 6.42 Å². The molecule has 1 unspecified atom stereocenters. The molecule has 1 aromatic rings. The molecule has 0 aliphatic carbocycles. The van der Waals surface area contributed by atoms with Crippen molar-refractivity contribution in [3.8, 4) is 11.8 Å². The first kappa shape index (κ1) is 12.8. The number of phenols is 1. The van der Waals surface area contributed by atoms with Crippen molar-refractivity contribution >= 4 is 11.6 Å². The first-order valence-corrected chi connectivity index (χ1v) is 5.63. The van der Waals surface area contributed by atoms with Gasteiger partial charge < -0.3 is 10.4 Å². The zero-order valence-electron chi connectivity index (χ0n) is 9.20. The van der Waals surface area contributed by atoms with Gasteiger partial charge in [0.2, 0.25) is 0 Å². The third kappa shape index (κ3) is 3.41. The van der Waals surface area contributed by atoms with Crippen LogP contribution in [0.5, 0.6) is 5.75 Å². The molecule has 2 N–H and O–H groups in total. The van der Waals surface area contributed by atoms with Gasteiger partial charge in [-0.05, 0) is 18.6 Å². The van der Waals surface area contributed by atoms with Crippen molar-refractivity contribution in [1.29, 1.82) is 5.26 Å². The van der Waals surface area contributed by atoms with Gasteiger partial charge >= 0.3 is 0 Å². The number of nitrogens with zero attached hydrogens (tertiary/aromatic N) is 1. The van der Waals surface area contributed by atoms with Gasteiger partial charge in [0.15, 0.2) is 0 Å². The zero-order valence-corrected chi connectivity index (χ0v) is 9.96. The minimum Gasteiger partial charge on any atom is -0.508 e. The number of nitriles is 1. The van der Waals surface area contributed by atoms with Gasteiger partial charge in [-0.15, -0.1) is 0 Å². The zero-order chi connectivity index (χ0) is 12.0. The summed E-state index contributed by atoms with van der Waals surface area (Å²) in [4.78, 5) is 0. The van der Waals surface area contributed by atoms with E-state index in [9.17, 15) is 5.11 Å². The predicted octanol–water partition coefficient (Wildman–Crippen LogP) is 2.83. The monoisotopic (exact) mass is 238 g/mol. The Morgan fingerprint density at radius 1 is 1.56 bits per heavy atom. The maximum atomic E-state index is 9.62. The van der Waals surface area contributed by atoms with Crippen molar-refractivity contribution in [2.75, 3.05) is 0 Å². The molecule has 0 heterocycles. The molecule has 3 nitrogen and oxygen atoms in total. The van der Waals surface area contributed by atoms with Gasteiger partial charge in [0.1, 0.15) is 5.75 Å². The molecule has 1 rings (SSSR count). The quantitative estimate of drug-likeness (QED) is 0.830. The Labute approximate surface area is 101 Å². The second-order valence-corrected chi connectivity index (χ2v) is 3.99. The molecule has 1 aromatic carbocycles. The third-order valence-electron chi connectivity index (χ3n) is 2.49. The van der Waals surface area contributed by atoms with Gasteiger partial charge in [-0.25, -0.2) is 0 Å². The van der Waals surface area contributed by atoms with Crippen LogP contribution < -0.4 is 5.32 Å². The first-order chi connectivity index (χ1) is 7.69. The molecule has 1 atom stereocenters. The van der Waals surface area contributed by atoms with E-state index in [2.05, 4.69) is 11.4 Å².